The largest absolute Gasteiger partial charge is 0.462 e. The third-order valence-electron chi connectivity index (χ3n) is 12.2. The Bertz CT molecular complexity index is 1320. The molecule has 0 spiro atoms. The molecule has 0 saturated heterocycles. The zero-order valence-electron chi connectivity index (χ0n) is 44.6. The van der Waals surface area contributed by atoms with E-state index < -0.39 is 6.10 Å². The van der Waals surface area contributed by atoms with Gasteiger partial charge in [0.05, 0.1) is 0 Å². The van der Waals surface area contributed by atoms with E-state index >= 15 is 0 Å². The summed E-state index contributed by atoms with van der Waals surface area (Å²) < 4.78 is 16.8. The molecule has 1 atom stereocenters. The molecule has 0 heterocycles. The molecular weight excluding hydrogens is 841 g/mol. The standard InChI is InChI=1S/C62H106O6/c1-4-7-10-13-16-19-21-22-23-24-25-26-27-28-29-30-31-32-33-34-35-36-37-38-39-40-41-44-46-49-52-55-61(64)67-58-59(57-66-60(63)54-51-48-45-42-18-15-12-9-6-3)68-62(65)56-53-50-47-43-20-17-14-11-8-5-2/h7,10,16,19,22-23,25-26,28-29,31-32,34-35,59H,4-6,8-9,11-15,17-18,20-21,24,27,30,33,36-58H2,1-3H3/b10-7-,19-16-,23-22-,26-25-,29-28-,32-31-,35-34-. The van der Waals surface area contributed by atoms with Gasteiger partial charge in [-0.1, -0.05) is 260 Å². The lowest BCUT2D eigenvalue weighted by molar-refractivity contribution is -0.167. The molecule has 0 radical (unpaired) electrons. The van der Waals surface area contributed by atoms with Gasteiger partial charge < -0.3 is 14.2 Å². The zero-order valence-corrected chi connectivity index (χ0v) is 44.6. The van der Waals surface area contributed by atoms with Crippen molar-refractivity contribution in [2.45, 2.75) is 277 Å². The van der Waals surface area contributed by atoms with Gasteiger partial charge in [-0.05, 0) is 77.0 Å². The van der Waals surface area contributed by atoms with Gasteiger partial charge in [-0.15, -0.1) is 0 Å². The number of carbonyl (C=O) groups is 3. The first-order valence-corrected chi connectivity index (χ1v) is 28.6. The van der Waals surface area contributed by atoms with Gasteiger partial charge in [-0.2, -0.15) is 0 Å². The van der Waals surface area contributed by atoms with Crippen molar-refractivity contribution >= 4 is 17.9 Å². The normalized spacial score (nSPS) is 12.7. The minimum atomic E-state index is -0.772. The molecule has 0 aliphatic rings. The molecule has 0 saturated carbocycles. The van der Waals surface area contributed by atoms with Gasteiger partial charge in [0, 0.05) is 19.3 Å². The van der Waals surface area contributed by atoms with Crippen LogP contribution in [0.3, 0.4) is 0 Å². The van der Waals surface area contributed by atoms with Gasteiger partial charge in [-0.25, -0.2) is 0 Å². The SMILES string of the molecule is CC/C=C\C/C=C\C/C=C\C/C=C\C/C=C\C/C=C\C/C=C\CCCCCCCCCCCC(=O)OCC(COC(=O)CCCCCCCCCCC)OC(=O)CCCCCCCCCCCC. The molecule has 0 fully saturated rings. The average Bonchev–Trinajstić information content (AvgIpc) is 3.34. The van der Waals surface area contributed by atoms with E-state index in [-0.39, 0.29) is 31.1 Å². The number of rotatable bonds is 51. The first-order chi connectivity index (χ1) is 33.5. The Morgan fingerprint density at radius 1 is 0.309 bits per heavy atom. The monoisotopic (exact) mass is 947 g/mol. The fourth-order valence-electron chi connectivity index (χ4n) is 7.89. The Morgan fingerprint density at radius 2 is 0.574 bits per heavy atom. The molecule has 0 rings (SSSR count). The predicted molar refractivity (Wildman–Crippen MR) is 293 cm³/mol. The third-order valence-corrected chi connectivity index (χ3v) is 12.2. The predicted octanol–water partition coefficient (Wildman–Crippen LogP) is 19.2. The molecular formula is C62H106O6. The molecule has 1 unspecified atom stereocenters. The van der Waals surface area contributed by atoms with Gasteiger partial charge in [0.2, 0.25) is 0 Å². The number of hydrogen-bond acceptors (Lipinski definition) is 6. The Kier molecular flexibility index (Phi) is 53.4. The van der Waals surface area contributed by atoms with Crippen LogP contribution < -0.4 is 0 Å². The summed E-state index contributed by atoms with van der Waals surface area (Å²) in [6.45, 7) is 6.49. The van der Waals surface area contributed by atoms with E-state index in [2.05, 4.69) is 106 Å². The first-order valence-electron chi connectivity index (χ1n) is 28.6. The highest BCUT2D eigenvalue weighted by atomic mass is 16.6. The highest BCUT2D eigenvalue weighted by Crippen LogP contribution is 2.15. The molecule has 0 amide bonds. The average molecular weight is 948 g/mol. The van der Waals surface area contributed by atoms with Crippen LogP contribution in [-0.2, 0) is 28.6 Å². The third kappa shape index (κ3) is 53.5. The summed E-state index contributed by atoms with van der Waals surface area (Å²) in [5.74, 6) is -0.881. The fourth-order valence-corrected chi connectivity index (χ4v) is 7.89. The van der Waals surface area contributed by atoms with Crippen LogP contribution in [0.2, 0.25) is 0 Å². The Morgan fingerprint density at radius 3 is 0.897 bits per heavy atom. The fraction of sp³-hybridized carbons (Fsp3) is 0.726. The Labute approximate surface area is 420 Å². The molecule has 0 N–H and O–H groups in total. The van der Waals surface area contributed by atoms with Crippen LogP contribution in [0.1, 0.15) is 271 Å². The van der Waals surface area contributed by atoms with Gasteiger partial charge in [0.1, 0.15) is 13.2 Å². The lowest BCUT2D eigenvalue weighted by Crippen LogP contribution is -2.30. The molecule has 6 heteroatoms. The van der Waals surface area contributed by atoms with Crippen molar-refractivity contribution in [2.75, 3.05) is 13.2 Å². The van der Waals surface area contributed by atoms with E-state index in [1.165, 1.54) is 122 Å². The number of carbonyl (C=O) groups excluding carboxylic acids is 3. The summed E-state index contributed by atoms with van der Waals surface area (Å²) in [6.07, 6.45) is 73.1. The van der Waals surface area contributed by atoms with Crippen LogP contribution in [0, 0.1) is 0 Å². The number of ether oxygens (including phenoxy) is 3. The summed E-state index contributed by atoms with van der Waals surface area (Å²) in [4.78, 5) is 37.9. The molecule has 6 nitrogen and oxygen atoms in total. The maximum absolute atomic E-state index is 12.7. The smallest absolute Gasteiger partial charge is 0.306 e. The number of unbranched alkanes of at least 4 members (excludes halogenated alkanes) is 26. The molecule has 0 aromatic heterocycles. The van der Waals surface area contributed by atoms with Gasteiger partial charge in [0.15, 0.2) is 6.10 Å². The number of allylic oxidation sites excluding steroid dienone is 14. The first kappa shape index (κ1) is 64.6. The maximum Gasteiger partial charge on any atom is 0.306 e. The van der Waals surface area contributed by atoms with Crippen molar-refractivity contribution in [3.05, 3.63) is 85.1 Å². The van der Waals surface area contributed by atoms with Gasteiger partial charge >= 0.3 is 17.9 Å². The summed E-state index contributed by atoms with van der Waals surface area (Å²) in [5.41, 5.74) is 0. The number of esters is 3. The van der Waals surface area contributed by atoms with Crippen molar-refractivity contribution in [1.82, 2.24) is 0 Å². The van der Waals surface area contributed by atoms with E-state index in [1.54, 1.807) is 0 Å². The summed E-state index contributed by atoms with van der Waals surface area (Å²) in [6, 6.07) is 0. The van der Waals surface area contributed by atoms with Crippen LogP contribution in [0.4, 0.5) is 0 Å². The highest BCUT2D eigenvalue weighted by molar-refractivity contribution is 5.71. The second kappa shape index (κ2) is 56.2. The van der Waals surface area contributed by atoms with Crippen molar-refractivity contribution in [2.24, 2.45) is 0 Å². The molecule has 390 valence electrons. The molecule has 0 bridgehead atoms. The second-order valence-electron chi connectivity index (χ2n) is 18.8. The molecule has 68 heavy (non-hydrogen) atoms. The Balaban J connectivity index is 4.11. The van der Waals surface area contributed by atoms with Crippen molar-refractivity contribution in [3.63, 3.8) is 0 Å². The molecule has 0 aliphatic carbocycles. The lowest BCUT2D eigenvalue weighted by Gasteiger charge is -2.18. The van der Waals surface area contributed by atoms with Crippen LogP contribution in [-0.4, -0.2) is 37.2 Å². The molecule has 0 aromatic rings. The van der Waals surface area contributed by atoms with E-state index in [1.807, 2.05) is 0 Å². The van der Waals surface area contributed by atoms with Crippen molar-refractivity contribution in [1.29, 1.82) is 0 Å². The zero-order chi connectivity index (χ0) is 49.3. The van der Waals surface area contributed by atoms with Gasteiger partial charge in [-0.3, -0.25) is 14.4 Å². The molecule has 0 aromatic carbocycles. The van der Waals surface area contributed by atoms with E-state index in [0.717, 1.165) is 109 Å². The van der Waals surface area contributed by atoms with Crippen molar-refractivity contribution < 1.29 is 28.6 Å². The van der Waals surface area contributed by atoms with Crippen LogP contribution in [0.25, 0.3) is 0 Å². The van der Waals surface area contributed by atoms with Gasteiger partial charge in [0.25, 0.3) is 0 Å². The minimum absolute atomic E-state index is 0.0743. The Hall–Kier alpha value is -3.41. The van der Waals surface area contributed by atoms with Crippen LogP contribution >= 0.6 is 0 Å². The van der Waals surface area contributed by atoms with Crippen LogP contribution in [0.5, 0.6) is 0 Å². The second-order valence-corrected chi connectivity index (χ2v) is 18.8. The summed E-state index contributed by atoms with van der Waals surface area (Å²) in [5, 5.41) is 0. The summed E-state index contributed by atoms with van der Waals surface area (Å²) in [7, 11) is 0. The quantitative estimate of drug-likeness (QED) is 0.0262. The molecule has 0 aliphatic heterocycles. The minimum Gasteiger partial charge on any atom is -0.462 e. The van der Waals surface area contributed by atoms with E-state index in [4.69, 9.17) is 14.2 Å². The van der Waals surface area contributed by atoms with Crippen LogP contribution in [0.15, 0.2) is 85.1 Å². The number of hydrogen-bond donors (Lipinski definition) is 0. The lowest BCUT2D eigenvalue weighted by atomic mass is 10.1. The highest BCUT2D eigenvalue weighted by Gasteiger charge is 2.19. The summed E-state index contributed by atoms with van der Waals surface area (Å²) >= 11 is 0. The maximum atomic E-state index is 12.7. The van der Waals surface area contributed by atoms with E-state index in [9.17, 15) is 14.4 Å². The topological polar surface area (TPSA) is 78.9 Å². The van der Waals surface area contributed by atoms with Crippen molar-refractivity contribution in [3.8, 4) is 0 Å². The van der Waals surface area contributed by atoms with E-state index in [0.29, 0.717) is 19.3 Å².